The molecule has 20 heavy (non-hydrogen) atoms. The van der Waals surface area contributed by atoms with Crippen LogP contribution >= 0.6 is 11.6 Å². The second kappa shape index (κ2) is 7.41. The van der Waals surface area contributed by atoms with Crippen molar-refractivity contribution in [3.8, 4) is 0 Å². The Bertz CT molecular complexity index is 421. The number of halogens is 1. The number of likely N-dealkylation sites (N-methyl/N-ethyl adjacent to an activating group) is 1. The van der Waals surface area contributed by atoms with E-state index in [9.17, 15) is 0 Å². The minimum atomic E-state index is 0.0971. The van der Waals surface area contributed by atoms with Crippen LogP contribution in [0.5, 0.6) is 0 Å². The summed E-state index contributed by atoms with van der Waals surface area (Å²) >= 11 is 6.13. The molecule has 0 spiro atoms. The lowest BCUT2D eigenvalue weighted by Crippen LogP contribution is -2.41. The molecule has 2 rings (SSSR count). The number of hydrogen-bond donors (Lipinski definition) is 1. The molecule has 1 fully saturated rings. The molecule has 3 atom stereocenters. The van der Waals surface area contributed by atoms with Gasteiger partial charge in [0.1, 0.15) is 0 Å². The molecule has 4 heteroatoms. The average Bonchev–Trinajstić information content (AvgIpc) is 2.91. The molecule has 1 saturated heterocycles. The normalized spacial score (nSPS) is 22.1. The third-order valence-corrected chi connectivity index (χ3v) is 4.29. The lowest BCUT2D eigenvalue weighted by atomic mass is 9.96. The van der Waals surface area contributed by atoms with Gasteiger partial charge in [0, 0.05) is 30.3 Å². The standard InChI is InChI=1S/C16H25ClN2O/c1-3-15(18)16(12-6-4-7-13(17)10-12)19(2)11-14-8-5-9-20-14/h4,6-7,10,14-16H,3,5,8-9,11,18H2,1-2H3. The van der Waals surface area contributed by atoms with Crippen LogP contribution in [0.4, 0.5) is 0 Å². The topological polar surface area (TPSA) is 38.5 Å². The van der Waals surface area contributed by atoms with Gasteiger partial charge in [-0.05, 0) is 44.0 Å². The molecule has 0 saturated carbocycles. The van der Waals surface area contributed by atoms with Crippen LogP contribution in [0.25, 0.3) is 0 Å². The Hall–Kier alpha value is -0.610. The first-order chi connectivity index (χ1) is 9.61. The summed E-state index contributed by atoms with van der Waals surface area (Å²) < 4.78 is 5.74. The first-order valence-corrected chi connectivity index (χ1v) is 7.82. The highest BCUT2D eigenvalue weighted by Gasteiger charge is 2.26. The second-order valence-corrected chi connectivity index (χ2v) is 6.08. The maximum atomic E-state index is 6.35. The predicted octanol–water partition coefficient (Wildman–Crippen LogP) is 3.23. The van der Waals surface area contributed by atoms with Crippen molar-refractivity contribution in [3.63, 3.8) is 0 Å². The predicted molar refractivity (Wildman–Crippen MR) is 84.1 cm³/mol. The van der Waals surface area contributed by atoms with Crippen molar-refractivity contribution in [1.82, 2.24) is 4.90 Å². The van der Waals surface area contributed by atoms with Crippen molar-refractivity contribution in [2.45, 2.75) is 44.4 Å². The molecule has 1 aliphatic heterocycles. The van der Waals surface area contributed by atoms with E-state index >= 15 is 0 Å². The third kappa shape index (κ3) is 3.95. The highest BCUT2D eigenvalue weighted by atomic mass is 35.5. The monoisotopic (exact) mass is 296 g/mol. The fourth-order valence-electron chi connectivity index (χ4n) is 2.97. The number of hydrogen-bond acceptors (Lipinski definition) is 3. The van der Waals surface area contributed by atoms with Gasteiger partial charge in [0.25, 0.3) is 0 Å². The molecule has 1 aromatic rings. The fraction of sp³-hybridized carbons (Fsp3) is 0.625. The van der Waals surface area contributed by atoms with E-state index in [0.717, 1.165) is 31.0 Å². The molecule has 0 radical (unpaired) electrons. The van der Waals surface area contributed by atoms with Gasteiger partial charge in [0.2, 0.25) is 0 Å². The molecule has 112 valence electrons. The molecule has 0 bridgehead atoms. The van der Waals surface area contributed by atoms with Crippen LogP contribution in [0.15, 0.2) is 24.3 Å². The Morgan fingerprint density at radius 2 is 2.30 bits per heavy atom. The van der Waals surface area contributed by atoms with Gasteiger partial charge >= 0.3 is 0 Å². The summed E-state index contributed by atoms with van der Waals surface area (Å²) in [6.07, 6.45) is 3.59. The Kier molecular flexibility index (Phi) is 5.85. The van der Waals surface area contributed by atoms with Gasteiger partial charge in [0.15, 0.2) is 0 Å². The molecular weight excluding hydrogens is 272 g/mol. The van der Waals surface area contributed by atoms with Crippen LogP contribution in [0.2, 0.25) is 5.02 Å². The van der Waals surface area contributed by atoms with Crippen LogP contribution in [0.3, 0.4) is 0 Å². The number of ether oxygens (including phenoxy) is 1. The van der Waals surface area contributed by atoms with Crippen molar-refractivity contribution in [2.75, 3.05) is 20.2 Å². The third-order valence-electron chi connectivity index (χ3n) is 4.06. The molecule has 1 aromatic carbocycles. The van der Waals surface area contributed by atoms with E-state index in [1.54, 1.807) is 0 Å². The maximum absolute atomic E-state index is 6.35. The van der Waals surface area contributed by atoms with Crippen molar-refractivity contribution in [3.05, 3.63) is 34.9 Å². The van der Waals surface area contributed by atoms with Gasteiger partial charge < -0.3 is 10.5 Å². The van der Waals surface area contributed by atoms with Crippen LogP contribution in [-0.4, -0.2) is 37.2 Å². The summed E-state index contributed by atoms with van der Waals surface area (Å²) in [4.78, 5) is 2.32. The van der Waals surface area contributed by atoms with Crippen LogP contribution < -0.4 is 5.73 Å². The molecule has 0 aromatic heterocycles. The minimum absolute atomic E-state index is 0.0971. The maximum Gasteiger partial charge on any atom is 0.0702 e. The largest absolute Gasteiger partial charge is 0.377 e. The first kappa shape index (κ1) is 15.8. The van der Waals surface area contributed by atoms with E-state index in [1.807, 2.05) is 18.2 Å². The van der Waals surface area contributed by atoms with Gasteiger partial charge in [-0.3, -0.25) is 4.90 Å². The van der Waals surface area contributed by atoms with E-state index in [1.165, 1.54) is 12.0 Å². The van der Waals surface area contributed by atoms with Gasteiger partial charge in [-0.25, -0.2) is 0 Å². The Morgan fingerprint density at radius 1 is 1.50 bits per heavy atom. The van der Waals surface area contributed by atoms with Gasteiger partial charge in [-0.2, -0.15) is 0 Å². The van der Waals surface area contributed by atoms with Crippen LogP contribution in [0.1, 0.15) is 37.8 Å². The highest BCUT2D eigenvalue weighted by molar-refractivity contribution is 6.30. The second-order valence-electron chi connectivity index (χ2n) is 5.65. The smallest absolute Gasteiger partial charge is 0.0702 e. The summed E-state index contributed by atoms with van der Waals surface area (Å²) in [6, 6.07) is 8.31. The van der Waals surface area contributed by atoms with E-state index in [-0.39, 0.29) is 12.1 Å². The van der Waals surface area contributed by atoms with E-state index in [2.05, 4.69) is 24.9 Å². The molecule has 0 aliphatic carbocycles. The summed E-state index contributed by atoms with van der Waals surface area (Å²) in [7, 11) is 2.13. The van der Waals surface area contributed by atoms with E-state index < -0.39 is 0 Å². The lowest BCUT2D eigenvalue weighted by Gasteiger charge is -2.34. The van der Waals surface area contributed by atoms with Gasteiger partial charge in [-0.1, -0.05) is 30.7 Å². The quantitative estimate of drug-likeness (QED) is 0.876. The molecule has 1 aliphatic rings. The zero-order valence-corrected chi connectivity index (χ0v) is 13.1. The first-order valence-electron chi connectivity index (χ1n) is 7.44. The van der Waals surface area contributed by atoms with Crippen molar-refractivity contribution in [1.29, 1.82) is 0 Å². The van der Waals surface area contributed by atoms with Crippen molar-refractivity contribution >= 4 is 11.6 Å². The van der Waals surface area contributed by atoms with E-state index in [0.29, 0.717) is 6.10 Å². The zero-order valence-electron chi connectivity index (χ0n) is 12.4. The van der Waals surface area contributed by atoms with Crippen LogP contribution in [0, 0.1) is 0 Å². The van der Waals surface area contributed by atoms with Gasteiger partial charge in [-0.15, -0.1) is 0 Å². The Balaban J connectivity index is 2.13. The number of benzene rings is 1. The van der Waals surface area contributed by atoms with Crippen molar-refractivity contribution < 1.29 is 4.74 Å². The lowest BCUT2D eigenvalue weighted by molar-refractivity contribution is 0.0629. The number of nitrogens with zero attached hydrogens (tertiary/aromatic N) is 1. The molecule has 1 heterocycles. The number of rotatable bonds is 6. The summed E-state index contributed by atoms with van der Waals surface area (Å²) in [5.74, 6) is 0. The highest BCUT2D eigenvalue weighted by Crippen LogP contribution is 2.27. The van der Waals surface area contributed by atoms with Gasteiger partial charge in [0.05, 0.1) is 6.10 Å². The zero-order chi connectivity index (χ0) is 14.5. The summed E-state index contributed by atoms with van der Waals surface area (Å²) in [5, 5.41) is 0.765. The molecule has 3 unspecified atom stereocenters. The van der Waals surface area contributed by atoms with Crippen molar-refractivity contribution in [2.24, 2.45) is 5.73 Å². The number of nitrogens with two attached hydrogens (primary N) is 1. The fourth-order valence-corrected chi connectivity index (χ4v) is 3.16. The average molecular weight is 297 g/mol. The van der Waals surface area contributed by atoms with Crippen LogP contribution in [-0.2, 0) is 4.74 Å². The minimum Gasteiger partial charge on any atom is -0.377 e. The SMILES string of the molecule is CCC(N)C(c1cccc(Cl)c1)N(C)CC1CCCO1. The summed E-state index contributed by atoms with van der Waals surface area (Å²) in [5.41, 5.74) is 7.54. The molecule has 3 nitrogen and oxygen atoms in total. The molecule has 2 N–H and O–H groups in total. The summed E-state index contributed by atoms with van der Waals surface area (Å²) in [6.45, 7) is 3.94. The van der Waals surface area contributed by atoms with E-state index in [4.69, 9.17) is 22.1 Å². The molecule has 0 amide bonds. The molecular formula is C16H25ClN2O. The Morgan fingerprint density at radius 3 is 2.90 bits per heavy atom. The Labute approximate surface area is 127 Å².